The number of thioether (sulfide) groups is 1. The van der Waals surface area contributed by atoms with Gasteiger partial charge < -0.3 is 14.6 Å². The molecule has 0 aliphatic heterocycles. The van der Waals surface area contributed by atoms with E-state index in [0.29, 0.717) is 27.1 Å². The zero-order chi connectivity index (χ0) is 11.5. The normalized spacial score (nSPS) is 13.2. The average molecular weight is 260 g/mol. The summed E-state index contributed by atoms with van der Waals surface area (Å²) in [7, 11) is 0. The van der Waals surface area contributed by atoms with Crippen LogP contribution in [-0.4, -0.2) is 33.7 Å². The van der Waals surface area contributed by atoms with Crippen LogP contribution in [0, 0.1) is 0 Å². The third-order valence-electron chi connectivity index (χ3n) is 1.94. The van der Waals surface area contributed by atoms with E-state index >= 15 is 0 Å². The lowest BCUT2D eigenvalue weighted by Crippen LogP contribution is -2.14. The summed E-state index contributed by atoms with van der Waals surface area (Å²) in [5, 5.41) is 18.9. The van der Waals surface area contributed by atoms with Crippen molar-refractivity contribution in [3.8, 4) is 0 Å². The number of aromatic nitrogens is 1. The molecule has 0 saturated carbocycles. The number of aliphatic hydroxyl groups excluding tert-OH is 2. The number of hydrogen-bond donors (Lipinski definition) is 2. The second-order valence-corrected chi connectivity index (χ2v) is 4.65. The molecule has 0 bridgehead atoms. The Morgan fingerprint density at radius 3 is 3.06 bits per heavy atom. The lowest BCUT2D eigenvalue weighted by atomic mass is 10.3. The van der Waals surface area contributed by atoms with Crippen molar-refractivity contribution < 1.29 is 14.6 Å². The Hall–Kier alpha value is -0.750. The number of aliphatic hydroxyl groups is 2. The molecule has 86 valence electrons. The lowest BCUT2D eigenvalue weighted by molar-refractivity contribution is 0.113. The number of hydrogen-bond acceptors (Lipinski definition) is 5. The molecule has 0 aliphatic rings. The number of halogens is 1. The largest absolute Gasteiger partial charge is 0.431 e. The maximum absolute atomic E-state index is 9.18. The van der Waals surface area contributed by atoms with Crippen LogP contribution in [0.25, 0.3) is 11.1 Å². The molecule has 16 heavy (non-hydrogen) atoms. The molecule has 1 heterocycles. The van der Waals surface area contributed by atoms with Gasteiger partial charge in [0.1, 0.15) is 5.52 Å². The van der Waals surface area contributed by atoms with E-state index in [4.69, 9.17) is 21.1 Å². The van der Waals surface area contributed by atoms with Gasteiger partial charge in [-0.15, -0.1) is 0 Å². The minimum absolute atomic E-state index is 0.265. The van der Waals surface area contributed by atoms with E-state index in [1.165, 1.54) is 11.8 Å². The van der Waals surface area contributed by atoms with E-state index in [0.717, 1.165) is 0 Å². The van der Waals surface area contributed by atoms with Gasteiger partial charge in [0.05, 0.1) is 12.7 Å². The summed E-state index contributed by atoms with van der Waals surface area (Å²) in [6, 6.07) is 5.19. The first-order valence-corrected chi connectivity index (χ1v) is 6.03. The van der Waals surface area contributed by atoms with Gasteiger partial charge in [-0.2, -0.15) is 0 Å². The zero-order valence-electron chi connectivity index (χ0n) is 8.26. The van der Waals surface area contributed by atoms with Gasteiger partial charge in [0, 0.05) is 10.8 Å². The van der Waals surface area contributed by atoms with E-state index in [1.807, 2.05) is 0 Å². The van der Waals surface area contributed by atoms with E-state index < -0.39 is 6.10 Å². The van der Waals surface area contributed by atoms with Gasteiger partial charge in [-0.25, -0.2) is 4.98 Å². The molecule has 0 spiro atoms. The highest BCUT2D eigenvalue weighted by atomic mass is 35.5. The second kappa shape index (κ2) is 5.05. The Morgan fingerprint density at radius 2 is 2.31 bits per heavy atom. The third kappa shape index (κ3) is 2.68. The molecule has 2 aromatic rings. The van der Waals surface area contributed by atoms with E-state index in [-0.39, 0.29) is 6.61 Å². The number of fused-ring (bicyclic) bond motifs is 1. The standard InChI is InChI=1S/C10H10ClNO3S/c11-6-1-2-9-8(3-6)12-10(15-9)16-5-7(14)4-13/h1-3,7,13-14H,4-5H2. The van der Waals surface area contributed by atoms with Crippen molar-refractivity contribution in [2.24, 2.45) is 0 Å². The van der Waals surface area contributed by atoms with Gasteiger partial charge in [-0.05, 0) is 18.2 Å². The van der Waals surface area contributed by atoms with Gasteiger partial charge in [0.25, 0.3) is 5.22 Å². The van der Waals surface area contributed by atoms with Crippen LogP contribution in [0.2, 0.25) is 5.02 Å². The fourth-order valence-corrected chi connectivity index (χ4v) is 2.08. The van der Waals surface area contributed by atoms with Crippen molar-refractivity contribution in [2.75, 3.05) is 12.4 Å². The van der Waals surface area contributed by atoms with Crippen LogP contribution in [0.4, 0.5) is 0 Å². The first-order chi connectivity index (χ1) is 7.69. The summed E-state index contributed by atoms with van der Waals surface area (Å²) in [5.74, 6) is 0.344. The van der Waals surface area contributed by atoms with Crippen molar-refractivity contribution in [3.63, 3.8) is 0 Å². The summed E-state index contributed by atoms with van der Waals surface area (Å²) in [6.45, 7) is -0.265. The topological polar surface area (TPSA) is 66.5 Å². The molecule has 1 unspecified atom stereocenters. The lowest BCUT2D eigenvalue weighted by Gasteiger charge is -2.02. The van der Waals surface area contributed by atoms with Gasteiger partial charge in [-0.3, -0.25) is 0 Å². The molecular formula is C10H10ClNO3S. The molecule has 2 rings (SSSR count). The van der Waals surface area contributed by atoms with Crippen molar-refractivity contribution in [1.29, 1.82) is 0 Å². The Morgan fingerprint density at radius 1 is 1.50 bits per heavy atom. The molecule has 6 heteroatoms. The van der Waals surface area contributed by atoms with E-state index in [9.17, 15) is 5.11 Å². The maximum Gasteiger partial charge on any atom is 0.256 e. The fourth-order valence-electron chi connectivity index (χ4n) is 1.16. The zero-order valence-corrected chi connectivity index (χ0v) is 9.83. The third-order valence-corrected chi connectivity index (χ3v) is 3.15. The van der Waals surface area contributed by atoms with E-state index in [2.05, 4.69) is 4.98 Å². The second-order valence-electron chi connectivity index (χ2n) is 3.24. The molecule has 0 fully saturated rings. The molecule has 0 radical (unpaired) electrons. The number of benzene rings is 1. The van der Waals surface area contributed by atoms with Crippen LogP contribution in [0.1, 0.15) is 0 Å². The summed E-state index contributed by atoms with van der Waals surface area (Å²) < 4.78 is 5.42. The van der Waals surface area contributed by atoms with Crippen molar-refractivity contribution in [2.45, 2.75) is 11.3 Å². The average Bonchev–Trinajstić information content (AvgIpc) is 2.67. The molecule has 1 aromatic carbocycles. The molecule has 4 nitrogen and oxygen atoms in total. The van der Waals surface area contributed by atoms with Crippen LogP contribution in [0.3, 0.4) is 0 Å². The predicted octanol–water partition coefficient (Wildman–Crippen LogP) is 1.93. The highest BCUT2D eigenvalue weighted by Crippen LogP contribution is 2.25. The van der Waals surface area contributed by atoms with Crippen molar-refractivity contribution >= 4 is 34.5 Å². The Labute approximate surface area is 101 Å². The van der Waals surface area contributed by atoms with Crippen molar-refractivity contribution in [3.05, 3.63) is 23.2 Å². The predicted molar refractivity (Wildman–Crippen MR) is 62.8 cm³/mol. The van der Waals surface area contributed by atoms with Crippen LogP contribution >= 0.6 is 23.4 Å². The monoisotopic (exact) mass is 259 g/mol. The minimum Gasteiger partial charge on any atom is -0.431 e. The first-order valence-electron chi connectivity index (χ1n) is 4.67. The highest BCUT2D eigenvalue weighted by Gasteiger charge is 2.09. The number of oxazole rings is 1. The summed E-state index contributed by atoms with van der Waals surface area (Å²) in [4.78, 5) is 4.20. The molecule has 2 N–H and O–H groups in total. The maximum atomic E-state index is 9.18. The van der Waals surface area contributed by atoms with Crippen LogP contribution in [0.15, 0.2) is 27.8 Å². The highest BCUT2D eigenvalue weighted by molar-refractivity contribution is 7.99. The van der Waals surface area contributed by atoms with Crippen LogP contribution in [0.5, 0.6) is 0 Å². The van der Waals surface area contributed by atoms with Gasteiger partial charge in [0.2, 0.25) is 0 Å². The fraction of sp³-hybridized carbons (Fsp3) is 0.300. The van der Waals surface area contributed by atoms with Crippen LogP contribution < -0.4 is 0 Å². The van der Waals surface area contributed by atoms with Gasteiger partial charge in [0.15, 0.2) is 5.58 Å². The first kappa shape index (κ1) is 11.7. The molecule has 1 aromatic heterocycles. The molecule has 1 atom stereocenters. The SMILES string of the molecule is OCC(O)CSc1nc2cc(Cl)ccc2o1. The summed E-state index contributed by atoms with van der Waals surface area (Å²) in [5.41, 5.74) is 1.35. The number of nitrogens with zero attached hydrogens (tertiary/aromatic N) is 1. The Kier molecular flexibility index (Phi) is 3.70. The Balaban J connectivity index is 2.13. The van der Waals surface area contributed by atoms with Crippen molar-refractivity contribution in [1.82, 2.24) is 4.98 Å². The molecule has 0 amide bonds. The smallest absolute Gasteiger partial charge is 0.256 e. The minimum atomic E-state index is -0.761. The Bertz CT molecular complexity index is 488. The molecule has 0 aliphatic carbocycles. The summed E-state index contributed by atoms with van der Waals surface area (Å²) in [6.07, 6.45) is -0.761. The van der Waals surface area contributed by atoms with E-state index in [1.54, 1.807) is 18.2 Å². The van der Waals surface area contributed by atoms with Crippen LogP contribution in [-0.2, 0) is 0 Å². The molecule has 0 saturated heterocycles. The van der Waals surface area contributed by atoms with Gasteiger partial charge >= 0.3 is 0 Å². The molecular weight excluding hydrogens is 250 g/mol. The quantitative estimate of drug-likeness (QED) is 0.822. The van der Waals surface area contributed by atoms with Gasteiger partial charge in [-0.1, -0.05) is 23.4 Å². The number of rotatable bonds is 4. The summed E-state index contributed by atoms with van der Waals surface area (Å²) >= 11 is 7.07.